The van der Waals surface area contributed by atoms with Gasteiger partial charge in [0.05, 0.1) is 0 Å². The molecular weight excluding hydrogens is 321 g/mol. The zero-order valence-electron chi connectivity index (χ0n) is 12.8. The van der Waals surface area contributed by atoms with Crippen LogP contribution in [0.1, 0.15) is 25.1 Å². The lowest BCUT2D eigenvalue weighted by molar-refractivity contribution is -0.146. The Kier molecular flexibility index (Phi) is 4.52. The minimum Gasteiger partial charge on any atom is -0.368 e. The number of hydrogen-bond donors (Lipinski definition) is 2. The molecule has 0 atom stereocenters. The number of aromatic nitrogens is 4. The maximum absolute atomic E-state index is 13.1. The van der Waals surface area contributed by atoms with Crippen LogP contribution >= 0.6 is 0 Å². The first-order valence-corrected chi connectivity index (χ1v) is 7.67. The lowest BCUT2D eigenvalue weighted by Gasteiger charge is -2.11. The van der Waals surface area contributed by atoms with Crippen molar-refractivity contribution in [3.63, 3.8) is 0 Å². The monoisotopic (exact) mass is 338 g/mol. The molecule has 0 unspecified atom stereocenters. The molecule has 2 heterocycles. The number of rotatable bonds is 6. The zero-order chi connectivity index (χ0) is 17.2. The molecule has 6 nitrogen and oxygen atoms in total. The summed E-state index contributed by atoms with van der Waals surface area (Å²) < 4.78 is 40.0. The average molecular weight is 338 g/mol. The summed E-state index contributed by atoms with van der Waals surface area (Å²) in [5.41, 5.74) is 5.54. The van der Waals surface area contributed by atoms with E-state index in [2.05, 4.69) is 20.6 Å². The van der Waals surface area contributed by atoms with E-state index in [0.29, 0.717) is 29.7 Å². The molecule has 3 aromatic rings. The van der Waals surface area contributed by atoms with E-state index >= 15 is 0 Å². The van der Waals surface area contributed by atoms with Crippen LogP contribution in [-0.4, -0.2) is 32.9 Å². The van der Waals surface area contributed by atoms with Crippen LogP contribution in [-0.2, 0) is 6.18 Å². The van der Waals surface area contributed by atoms with Gasteiger partial charge in [0.25, 0.3) is 5.82 Å². The number of halogens is 3. The highest BCUT2D eigenvalue weighted by Gasteiger charge is 2.38. The molecule has 0 aliphatic heterocycles. The minimum atomic E-state index is -4.62. The number of nitrogens with two attached hydrogens (primary N) is 1. The quantitative estimate of drug-likeness (QED) is 0.676. The Morgan fingerprint density at radius 2 is 1.79 bits per heavy atom. The molecule has 0 fully saturated rings. The normalized spacial score (nSPS) is 12.2. The first kappa shape index (κ1) is 16.4. The molecule has 0 radical (unpaired) electrons. The fourth-order valence-electron chi connectivity index (χ4n) is 2.54. The van der Waals surface area contributed by atoms with Crippen molar-refractivity contribution in [2.75, 3.05) is 18.4 Å². The molecular formula is C15H17F3N6. The van der Waals surface area contributed by atoms with Gasteiger partial charge in [-0.15, -0.1) is 15.3 Å². The summed E-state index contributed by atoms with van der Waals surface area (Å²) in [5.74, 6) is -0.745. The van der Waals surface area contributed by atoms with Crippen LogP contribution in [0.25, 0.3) is 16.4 Å². The van der Waals surface area contributed by atoms with Crippen LogP contribution in [0.4, 0.5) is 19.0 Å². The largest absolute Gasteiger partial charge is 0.453 e. The summed E-state index contributed by atoms with van der Waals surface area (Å²) in [6.45, 7) is 1.23. The molecule has 0 aliphatic carbocycles. The topological polar surface area (TPSA) is 81.1 Å². The zero-order valence-corrected chi connectivity index (χ0v) is 12.8. The predicted octanol–water partition coefficient (Wildman–Crippen LogP) is 2.84. The summed E-state index contributed by atoms with van der Waals surface area (Å²) in [4.78, 5) is 0. The number of anilines is 1. The van der Waals surface area contributed by atoms with Crippen LogP contribution < -0.4 is 11.1 Å². The molecule has 0 saturated heterocycles. The second-order valence-corrected chi connectivity index (χ2v) is 5.43. The van der Waals surface area contributed by atoms with E-state index in [4.69, 9.17) is 5.73 Å². The van der Waals surface area contributed by atoms with E-state index in [1.54, 1.807) is 24.3 Å². The number of nitrogens with zero attached hydrogens (tertiary/aromatic N) is 4. The van der Waals surface area contributed by atoms with Gasteiger partial charge in [-0.25, -0.2) is 0 Å². The molecule has 3 N–H and O–H groups in total. The van der Waals surface area contributed by atoms with Crippen molar-refractivity contribution in [1.29, 1.82) is 0 Å². The number of unbranched alkanes of at least 4 members (excludes halogenated alkanes) is 2. The summed E-state index contributed by atoms with van der Waals surface area (Å²) in [5, 5.41) is 15.4. The predicted molar refractivity (Wildman–Crippen MR) is 84.7 cm³/mol. The SMILES string of the molecule is NCCCCCNc1nn2c(C(F)(F)F)nnc2c2ccccc12. The van der Waals surface area contributed by atoms with Crippen molar-refractivity contribution in [3.05, 3.63) is 30.1 Å². The number of alkyl halides is 3. The molecule has 128 valence electrons. The highest BCUT2D eigenvalue weighted by Crippen LogP contribution is 2.31. The number of nitrogens with one attached hydrogen (secondary N) is 1. The van der Waals surface area contributed by atoms with E-state index in [9.17, 15) is 13.2 Å². The van der Waals surface area contributed by atoms with Gasteiger partial charge in [-0.3, -0.25) is 0 Å². The molecule has 9 heteroatoms. The molecule has 24 heavy (non-hydrogen) atoms. The first-order chi connectivity index (χ1) is 11.5. The Bertz CT molecular complexity index is 842. The highest BCUT2D eigenvalue weighted by atomic mass is 19.4. The molecule has 0 saturated carbocycles. The Morgan fingerprint density at radius 3 is 2.50 bits per heavy atom. The van der Waals surface area contributed by atoms with E-state index in [1.165, 1.54) is 0 Å². The Balaban J connectivity index is 2.02. The van der Waals surface area contributed by atoms with Crippen LogP contribution in [0.2, 0.25) is 0 Å². The van der Waals surface area contributed by atoms with Gasteiger partial charge >= 0.3 is 6.18 Å². The van der Waals surface area contributed by atoms with Gasteiger partial charge in [-0.1, -0.05) is 30.7 Å². The third-order valence-corrected chi connectivity index (χ3v) is 3.69. The number of hydrogen-bond acceptors (Lipinski definition) is 5. The van der Waals surface area contributed by atoms with E-state index in [1.807, 2.05) is 0 Å². The molecule has 3 rings (SSSR count). The van der Waals surface area contributed by atoms with Crippen molar-refractivity contribution in [2.24, 2.45) is 5.73 Å². The Hall–Kier alpha value is -2.42. The molecule has 0 amide bonds. The summed E-state index contributed by atoms with van der Waals surface area (Å²) >= 11 is 0. The number of fused-ring (bicyclic) bond motifs is 3. The Labute approximate surface area is 135 Å². The lowest BCUT2D eigenvalue weighted by atomic mass is 10.2. The molecule has 0 aliphatic rings. The molecule has 2 aromatic heterocycles. The van der Waals surface area contributed by atoms with E-state index < -0.39 is 12.0 Å². The van der Waals surface area contributed by atoms with Gasteiger partial charge in [0.2, 0.25) is 0 Å². The van der Waals surface area contributed by atoms with Gasteiger partial charge in [-0.05, 0) is 19.4 Å². The van der Waals surface area contributed by atoms with Crippen LogP contribution in [0.15, 0.2) is 24.3 Å². The Morgan fingerprint density at radius 1 is 1.04 bits per heavy atom. The van der Waals surface area contributed by atoms with Crippen molar-refractivity contribution in [2.45, 2.75) is 25.4 Å². The van der Waals surface area contributed by atoms with Crippen molar-refractivity contribution < 1.29 is 13.2 Å². The van der Waals surface area contributed by atoms with Gasteiger partial charge < -0.3 is 11.1 Å². The van der Waals surface area contributed by atoms with E-state index in [0.717, 1.165) is 23.8 Å². The van der Waals surface area contributed by atoms with Crippen LogP contribution in [0.3, 0.4) is 0 Å². The maximum atomic E-state index is 13.1. The second-order valence-electron chi connectivity index (χ2n) is 5.43. The number of benzene rings is 1. The summed E-state index contributed by atoms with van der Waals surface area (Å²) in [6, 6.07) is 7.06. The van der Waals surface area contributed by atoms with Crippen LogP contribution in [0.5, 0.6) is 0 Å². The summed E-state index contributed by atoms with van der Waals surface area (Å²) in [7, 11) is 0. The third kappa shape index (κ3) is 3.12. The molecule has 1 aromatic carbocycles. The highest BCUT2D eigenvalue weighted by molar-refractivity contribution is 5.99. The van der Waals surface area contributed by atoms with Crippen LogP contribution in [0, 0.1) is 0 Å². The third-order valence-electron chi connectivity index (χ3n) is 3.69. The fourth-order valence-corrected chi connectivity index (χ4v) is 2.54. The minimum absolute atomic E-state index is 0.0895. The summed E-state index contributed by atoms with van der Waals surface area (Å²) in [6.07, 6.45) is -1.89. The average Bonchev–Trinajstić information content (AvgIpc) is 2.99. The van der Waals surface area contributed by atoms with E-state index in [-0.39, 0.29) is 5.65 Å². The van der Waals surface area contributed by atoms with Crippen molar-refractivity contribution in [3.8, 4) is 0 Å². The molecule has 0 spiro atoms. The lowest BCUT2D eigenvalue weighted by Crippen LogP contribution is -2.14. The van der Waals surface area contributed by atoms with Gasteiger partial charge in [0, 0.05) is 17.3 Å². The van der Waals surface area contributed by atoms with Gasteiger partial charge in [0.1, 0.15) is 0 Å². The van der Waals surface area contributed by atoms with Crippen molar-refractivity contribution >= 4 is 22.2 Å². The van der Waals surface area contributed by atoms with Gasteiger partial charge in [-0.2, -0.15) is 17.7 Å². The second kappa shape index (κ2) is 6.60. The first-order valence-electron chi connectivity index (χ1n) is 7.67. The van der Waals surface area contributed by atoms with Gasteiger partial charge in [0.15, 0.2) is 11.5 Å². The maximum Gasteiger partial charge on any atom is 0.453 e. The molecule has 0 bridgehead atoms. The standard InChI is InChI=1S/C15H17F3N6/c16-15(17,18)14-22-21-13-11-7-3-2-6-10(11)12(23-24(13)14)20-9-5-1-4-8-19/h2-3,6-7H,1,4-5,8-9,19H2,(H,20,23). The van der Waals surface area contributed by atoms with Crippen molar-refractivity contribution in [1.82, 2.24) is 19.8 Å². The fraction of sp³-hybridized carbons (Fsp3) is 0.400. The smallest absolute Gasteiger partial charge is 0.368 e.